The molecule has 0 saturated carbocycles. The second kappa shape index (κ2) is 7.70. The molecule has 0 bridgehead atoms. The molecule has 0 unspecified atom stereocenters. The maximum absolute atomic E-state index is 12.3. The van der Waals surface area contributed by atoms with Crippen LogP contribution in [0.2, 0.25) is 0 Å². The monoisotopic (exact) mass is 359 g/mol. The zero-order chi connectivity index (χ0) is 17.8. The Balaban J connectivity index is 1.60. The van der Waals surface area contributed by atoms with Gasteiger partial charge in [-0.1, -0.05) is 6.07 Å². The van der Waals surface area contributed by atoms with E-state index in [2.05, 4.69) is 5.32 Å². The number of carbonyl (C=O) groups excluding carboxylic acids is 2. The maximum atomic E-state index is 12.3. The number of fused-ring (bicyclic) bond motifs is 1. The number of methoxy groups -OCH3 is 1. The van der Waals surface area contributed by atoms with Crippen molar-refractivity contribution in [2.45, 2.75) is 38.7 Å². The maximum Gasteiger partial charge on any atom is 0.349 e. The highest BCUT2D eigenvalue weighted by Crippen LogP contribution is 2.30. The molecule has 0 aliphatic heterocycles. The van der Waals surface area contributed by atoms with Crippen LogP contribution in [0.1, 0.15) is 39.9 Å². The highest BCUT2D eigenvalue weighted by atomic mass is 32.1. The summed E-state index contributed by atoms with van der Waals surface area (Å²) < 4.78 is 10.5. The molecule has 0 radical (unpaired) electrons. The molecule has 0 saturated heterocycles. The number of carbonyl (C=O) groups is 2. The van der Waals surface area contributed by atoms with Crippen molar-refractivity contribution in [3.8, 4) is 5.75 Å². The van der Waals surface area contributed by atoms with Crippen LogP contribution in [-0.2, 0) is 22.4 Å². The third kappa shape index (κ3) is 4.20. The minimum Gasteiger partial charge on any atom is -0.497 e. The van der Waals surface area contributed by atoms with Crippen LogP contribution < -0.4 is 10.1 Å². The first kappa shape index (κ1) is 17.5. The van der Waals surface area contributed by atoms with E-state index in [9.17, 15) is 9.59 Å². The number of anilines is 1. The van der Waals surface area contributed by atoms with Gasteiger partial charge in [-0.25, -0.2) is 4.79 Å². The summed E-state index contributed by atoms with van der Waals surface area (Å²) in [7, 11) is 1.56. The number of rotatable bonds is 5. The minimum atomic E-state index is -0.877. The molecule has 1 atom stereocenters. The van der Waals surface area contributed by atoms with Crippen LogP contribution in [0.25, 0.3) is 0 Å². The fraction of sp³-hybridized carbons (Fsp3) is 0.368. The van der Waals surface area contributed by atoms with Crippen molar-refractivity contribution in [2.24, 2.45) is 0 Å². The Bertz CT molecular complexity index is 760. The summed E-state index contributed by atoms with van der Waals surface area (Å²) in [5.74, 6) is -0.165. The van der Waals surface area contributed by atoms with Crippen LogP contribution in [0.4, 0.5) is 5.69 Å². The molecule has 0 spiro atoms. The second-order valence-electron chi connectivity index (χ2n) is 6.03. The summed E-state index contributed by atoms with van der Waals surface area (Å²) in [6.07, 6.45) is 3.50. The largest absolute Gasteiger partial charge is 0.497 e. The van der Waals surface area contributed by atoms with E-state index < -0.39 is 12.1 Å². The predicted octanol–water partition coefficient (Wildman–Crippen LogP) is 3.82. The van der Waals surface area contributed by atoms with Gasteiger partial charge in [0.05, 0.1) is 7.11 Å². The first-order valence-corrected chi connectivity index (χ1v) is 9.16. The Kier molecular flexibility index (Phi) is 5.38. The summed E-state index contributed by atoms with van der Waals surface area (Å²) >= 11 is 1.48. The quantitative estimate of drug-likeness (QED) is 0.824. The summed E-state index contributed by atoms with van der Waals surface area (Å²) in [5, 5.41) is 2.73. The molecule has 2 aromatic rings. The van der Waals surface area contributed by atoms with Crippen molar-refractivity contribution in [1.82, 2.24) is 0 Å². The average Bonchev–Trinajstić information content (AvgIpc) is 3.06. The van der Waals surface area contributed by atoms with Gasteiger partial charge in [-0.05, 0) is 56.4 Å². The normalized spacial score (nSPS) is 14.3. The smallest absolute Gasteiger partial charge is 0.349 e. The van der Waals surface area contributed by atoms with Gasteiger partial charge in [0.1, 0.15) is 10.6 Å². The van der Waals surface area contributed by atoms with E-state index >= 15 is 0 Å². The lowest BCUT2D eigenvalue weighted by molar-refractivity contribution is -0.123. The fourth-order valence-electron chi connectivity index (χ4n) is 2.81. The van der Waals surface area contributed by atoms with Crippen molar-refractivity contribution in [1.29, 1.82) is 0 Å². The predicted molar refractivity (Wildman–Crippen MR) is 97.5 cm³/mol. The van der Waals surface area contributed by atoms with Crippen molar-refractivity contribution in [2.75, 3.05) is 12.4 Å². The minimum absolute atomic E-state index is 0.372. The molecular weight excluding hydrogens is 338 g/mol. The standard InChI is InChI=1S/C19H21NO4S/c1-12(18(21)20-14-7-5-8-15(11-14)23-2)24-19(22)17-10-13-6-3-4-9-16(13)25-17/h5,7-8,10-12H,3-4,6,9H2,1-2H3,(H,20,21)/t12-/m1/s1. The highest BCUT2D eigenvalue weighted by Gasteiger charge is 2.22. The number of amides is 1. The van der Waals surface area contributed by atoms with E-state index in [4.69, 9.17) is 9.47 Å². The first-order chi connectivity index (χ1) is 12.1. The molecule has 5 nitrogen and oxygen atoms in total. The Morgan fingerprint density at radius 1 is 1.20 bits per heavy atom. The molecule has 1 aromatic heterocycles. The molecule has 1 aliphatic carbocycles. The Labute approximate surface area is 151 Å². The van der Waals surface area contributed by atoms with Crippen LogP contribution in [-0.4, -0.2) is 25.1 Å². The molecule has 0 fully saturated rings. The summed E-state index contributed by atoms with van der Waals surface area (Å²) in [6, 6.07) is 8.94. The van der Waals surface area contributed by atoms with Crippen LogP contribution in [0.3, 0.4) is 0 Å². The topological polar surface area (TPSA) is 64.6 Å². The van der Waals surface area contributed by atoms with E-state index in [1.165, 1.54) is 28.2 Å². The Hall–Kier alpha value is -2.34. The molecule has 132 valence electrons. The number of aryl methyl sites for hydroxylation is 2. The number of ether oxygens (including phenoxy) is 2. The number of esters is 1. The first-order valence-electron chi connectivity index (χ1n) is 8.34. The van der Waals surface area contributed by atoms with Gasteiger partial charge in [0.15, 0.2) is 6.10 Å². The van der Waals surface area contributed by atoms with Gasteiger partial charge in [-0.15, -0.1) is 11.3 Å². The van der Waals surface area contributed by atoms with Gasteiger partial charge in [-0.2, -0.15) is 0 Å². The molecule has 1 heterocycles. The second-order valence-corrected chi connectivity index (χ2v) is 7.17. The average molecular weight is 359 g/mol. The molecule has 1 aromatic carbocycles. The number of benzene rings is 1. The van der Waals surface area contributed by atoms with Crippen LogP contribution >= 0.6 is 11.3 Å². The summed E-state index contributed by atoms with van der Waals surface area (Å²) in [5.41, 5.74) is 1.84. The number of hydrogen-bond donors (Lipinski definition) is 1. The zero-order valence-electron chi connectivity index (χ0n) is 14.3. The van der Waals surface area contributed by atoms with Crippen LogP contribution in [0.15, 0.2) is 30.3 Å². The van der Waals surface area contributed by atoms with Crippen LogP contribution in [0, 0.1) is 0 Å². The molecule has 6 heteroatoms. The van der Waals surface area contributed by atoms with Crippen molar-refractivity contribution in [3.05, 3.63) is 45.6 Å². The number of hydrogen-bond acceptors (Lipinski definition) is 5. The van der Waals surface area contributed by atoms with Gasteiger partial charge in [0.2, 0.25) is 0 Å². The highest BCUT2D eigenvalue weighted by molar-refractivity contribution is 7.14. The van der Waals surface area contributed by atoms with Crippen LogP contribution in [0.5, 0.6) is 5.75 Å². The van der Waals surface area contributed by atoms with Gasteiger partial charge in [0, 0.05) is 16.6 Å². The van der Waals surface area contributed by atoms with Crippen molar-refractivity contribution >= 4 is 28.9 Å². The molecule has 1 aliphatic rings. The molecule has 25 heavy (non-hydrogen) atoms. The van der Waals surface area contributed by atoms with Crippen molar-refractivity contribution in [3.63, 3.8) is 0 Å². The summed E-state index contributed by atoms with van der Waals surface area (Å²) in [4.78, 5) is 26.4. The Morgan fingerprint density at radius 2 is 2.00 bits per heavy atom. The lowest BCUT2D eigenvalue weighted by Gasteiger charge is -2.13. The number of thiophene rings is 1. The fourth-order valence-corrected chi connectivity index (χ4v) is 3.94. The molecule has 1 N–H and O–H groups in total. The van der Waals surface area contributed by atoms with Crippen molar-refractivity contribution < 1.29 is 19.1 Å². The van der Waals surface area contributed by atoms with E-state index in [0.29, 0.717) is 16.3 Å². The molecule has 1 amide bonds. The SMILES string of the molecule is COc1cccc(NC(=O)[C@@H](C)OC(=O)c2cc3c(s2)CCCC3)c1. The lowest BCUT2D eigenvalue weighted by atomic mass is 9.99. The van der Waals surface area contributed by atoms with Gasteiger partial charge >= 0.3 is 5.97 Å². The van der Waals surface area contributed by atoms with Gasteiger partial charge in [-0.3, -0.25) is 4.79 Å². The lowest BCUT2D eigenvalue weighted by Crippen LogP contribution is -2.29. The zero-order valence-corrected chi connectivity index (χ0v) is 15.2. The number of nitrogens with one attached hydrogen (secondary N) is 1. The third-order valence-corrected chi connectivity index (χ3v) is 5.41. The molecule has 3 rings (SSSR count). The van der Waals surface area contributed by atoms with Gasteiger partial charge < -0.3 is 14.8 Å². The van der Waals surface area contributed by atoms with E-state index in [1.807, 2.05) is 6.07 Å². The van der Waals surface area contributed by atoms with E-state index in [1.54, 1.807) is 38.3 Å². The van der Waals surface area contributed by atoms with Gasteiger partial charge in [0.25, 0.3) is 5.91 Å². The van der Waals surface area contributed by atoms with E-state index in [0.717, 1.165) is 19.3 Å². The summed E-state index contributed by atoms with van der Waals surface area (Å²) in [6.45, 7) is 1.57. The Morgan fingerprint density at radius 3 is 2.76 bits per heavy atom. The van der Waals surface area contributed by atoms with E-state index in [-0.39, 0.29) is 5.91 Å². The molecular formula is C19H21NO4S. The third-order valence-electron chi connectivity index (χ3n) is 4.19.